The van der Waals surface area contributed by atoms with Gasteiger partial charge < -0.3 is 5.43 Å². The number of aromatic nitrogens is 2. The van der Waals surface area contributed by atoms with Crippen LogP contribution in [0.2, 0.25) is 0 Å². The van der Waals surface area contributed by atoms with Crippen molar-refractivity contribution in [2.24, 2.45) is 11.0 Å². The van der Waals surface area contributed by atoms with E-state index in [0.717, 1.165) is 20.7 Å². The van der Waals surface area contributed by atoms with Gasteiger partial charge in [-0.1, -0.05) is 12.1 Å². The number of anilines is 1. The summed E-state index contributed by atoms with van der Waals surface area (Å²) in [5.74, 6) is 5.94. The first kappa shape index (κ1) is 13.9. The number of benzene rings is 1. The smallest absolute Gasteiger partial charge is 0.238 e. The third-order valence-electron chi connectivity index (χ3n) is 2.90. The quantitative estimate of drug-likeness (QED) is 0.493. The highest BCUT2D eigenvalue weighted by Crippen LogP contribution is 2.35. The van der Waals surface area contributed by atoms with Gasteiger partial charge in [-0.2, -0.15) is 0 Å². The van der Waals surface area contributed by atoms with Crippen molar-refractivity contribution < 1.29 is 8.42 Å². The maximum absolute atomic E-state index is 11.4. The Morgan fingerprint density at radius 3 is 2.71 bits per heavy atom. The van der Waals surface area contributed by atoms with Crippen molar-refractivity contribution in [3.05, 3.63) is 36.7 Å². The third-order valence-corrected chi connectivity index (χ3v) is 4.99. The molecule has 0 aliphatic carbocycles. The van der Waals surface area contributed by atoms with Gasteiger partial charge >= 0.3 is 0 Å². The van der Waals surface area contributed by atoms with Crippen molar-refractivity contribution in [2.45, 2.75) is 4.90 Å². The zero-order chi connectivity index (χ0) is 15.0. The van der Waals surface area contributed by atoms with Gasteiger partial charge in [0.15, 0.2) is 5.82 Å². The summed E-state index contributed by atoms with van der Waals surface area (Å²) in [7, 11) is -3.73. The Labute approximate surface area is 124 Å². The molecule has 108 valence electrons. The molecular formula is C12H11N5O2S2. The summed E-state index contributed by atoms with van der Waals surface area (Å²) in [6.45, 7) is 0. The SMILES string of the molecule is NNc1ncnc2cc(-c3cccc(S(N)(=O)=O)c3)sc12. The Balaban J connectivity index is 2.17. The van der Waals surface area contributed by atoms with Crippen LogP contribution in [0.1, 0.15) is 0 Å². The van der Waals surface area contributed by atoms with Crippen molar-refractivity contribution in [3.8, 4) is 10.4 Å². The summed E-state index contributed by atoms with van der Waals surface area (Å²) in [4.78, 5) is 9.13. The lowest BCUT2D eigenvalue weighted by molar-refractivity contribution is 0.598. The molecule has 3 rings (SSSR count). The van der Waals surface area contributed by atoms with E-state index in [9.17, 15) is 8.42 Å². The molecule has 0 radical (unpaired) electrons. The second kappa shape index (κ2) is 5.04. The molecule has 0 saturated heterocycles. The predicted molar refractivity (Wildman–Crippen MR) is 82.0 cm³/mol. The Morgan fingerprint density at radius 1 is 1.19 bits per heavy atom. The lowest BCUT2D eigenvalue weighted by atomic mass is 10.2. The highest BCUT2D eigenvalue weighted by Gasteiger charge is 2.12. The Bertz CT molecular complexity index is 920. The van der Waals surface area contributed by atoms with E-state index in [2.05, 4.69) is 15.4 Å². The van der Waals surface area contributed by atoms with Gasteiger partial charge in [-0.3, -0.25) is 0 Å². The summed E-state index contributed by atoms with van der Waals surface area (Å²) in [6, 6.07) is 8.29. The molecule has 7 nitrogen and oxygen atoms in total. The predicted octanol–water partition coefficient (Wildman–Crippen LogP) is 1.29. The molecule has 0 bridgehead atoms. The van der Waals surface area contributed by atoms with E-state index in [1.807, 2.05) is 12.1 Å². The lowest BCUT2D eigenvalue weighted by Crippen LogP contribution is -2.11. The maximum Gasteiger partial charge on any atom is 0.238 e. The third kappa shape index (κ3) is 2.59. The van der Waals surface area contributed by atoms with Crippen LogP contribution in [-0.4, -0.2) is 18.4 Å². The highest BCUT2D eigenvalue weighted by atomic mass is 32.2. The minimum atomic E-state index is -3.73. The number of nitrogen functional groups attached to an aromatic ring is 1. The number of hydrogen-bond acceptors (Lipinski definition) is 7. The number of fused-ring (bicyclic) bond motifs is 1. The van der Waals surface area contributed by atoms with Crippen LogP contribution in [0.25, 0.3) is 20.7 Å². The number of hydrogen-bond donors (Lipinski definition) is 3. The fraction of sp³-hybridized carbons (Fsp3) is 0. The Hall–Kier alpha value is -2.07. The number of nitrogens with two attached hydrogens (primary N) is 2. The normalized spacial score (nSPS) is 11.7. The molecule has 21 heavy (non-hydrogen) atoms. The van der Waals surface area contributed by atoms with Crippen LogP contribution in [-0.2, 0) is 10.0 Å². The van der Waals surface area contributed by atoms with Crippen LogP contribution >= 0.6 is 11.3 Å². The second-order valence-corrected chi connectivity index (χ2v) is 6.88. The number of rotatable bonds is 3. The van der Waals surface area contributed by atoms with Crippen LogP contribution in [0.15, 0.2) is 41.6 Å². The zero-order valence-corrected chi connectivity index (χ0v) is 12.3. The van der Waals surface area contributed by atoms with E-state index in [1.165, 1.54) is 29.8 Å². The number of hydrazine groups is 1. The van der Waals surface area contributed by atoms with E-state index < -0.39 is 10.0 Å². The second-order valence-electron chi connectivity index (χ2n) is 4.26. The van der Waals surface area contributed by atoms with Crippen LogP contribution in [0.4, 0.5) is 5.82 Å². The van der Waals surface area contributed by atoms with Gasteiger partial charge in [0.05, 0.1) is 15.1 Å². The van der Waals surface area contributed by atoms with E-state index in [-0.39, 0.29) is 4.90 Å². The topological polar surface area (TPSA) is 124 Å². The van der Waals surface area contributed by atoms with Gasteiger partial charge in [0, 0.05) is 4.88 Å². The summed E-state index contributed by atoms with van der Waals surface area (Å²) in [5, 5.41) is 5.15. The average molecular weight is 321 g/mol. The van der Waals surface area contributed by atoms with E-state index >= 15 is 0 Å². The van der Waals surface area contributed by atoms with Crippen molar-refractivity contribution in [3.63, 3.8) is 0 Å². The summed E-state index contributed by atoms with van der Waals surface area (Å²) >= 11 is 1.42. The molecule has 5 N–H and O–H groups in total. The minimum Gasteiger partial charge on any atom is -0.307 e. The highest BCUT2D eigenvalue weighted by molar-refractivity contribution is 7.89. The van der Waals surface area contributed by atoms with E-state index in [1.54, 1.807) is 6.07 Å². The number of nitrogens with zero attached hydrogens (tertiary/aromatic N) is 2. The first-order chi connectivity index (χ1) is 9.99. The molecule has 3 aromatic rings. The van der Waals surface area contributed by atoms with Gasteiger partial charge in [0.1, 0.15) is 6.33 Å². The fourth-order valence-corrected chi connectivity index (χ4v) is 3.55. The van der Waals surface area contributed by atoms with E-state index in [0.29, 0.717) is 5.82 Å². The molecule has 0 unspecified atom stereocenters. The Kier molecular flexibility index (Phi) is 3.33. The molecule has 9 heteroatoms. The lowest BCUT2D eigenvalue weighted by Gasteiger charge is -2.01. The van der Waals surface area contributed by atoms with Gasteiger partial charge in [-0.15, -0.1) is 11.3 Å². The summed E-state index contributed by atoms with van der Waals surface area (Å²) < 4.78 is 23.6. The van der Waals surface area contributed by atoms with Gasteiger partial charge in [0.25, 0.3) is 0 Å². The number of sulfonamides is 1. The molecular weight excluding hydrogens is 310 g/mol. The Morgan fingerprint density at radius 2 is 2.00 bits per heavy atom. The van der Waals surface area contributed by atoms with Gasteiger partial charge in [-0.05, 0) is 23.8 Å². The first-order valence-corrected chi connectivity index (χ1v) is 8.20. The van der Waals surface area contributed by atoms with Crippen LogP contribution in [0, 0.1) is 0 Å². The van der Waals surface area contributed by atoms with Gasteiger partial charge in [-0.25, -0.2) is 29.4 Å². The van der Waals surface area contributed by atoms with Gasteiger partial charge in [0.2, 0.25) is 10.0 Å². The number of nitrogens with one attached hydrogen (secondary N) is 1. The summed E-state index contributed by atoms with van der Waals surface area (Å²) in [6.07, 6.45) is 1.41. The van der Waals surface area contributed by atoms with Crippen LogP contribution < -0.4 is 16.4 Å². The van der Waals surface area contributed by atoms with Crippen molar-refractivity contribution >= 4 is 37.4 Å². The van der Waals surface area contributed by atoms with Crippen molar-refractivity contribution in [1.29, 1.82) is 0 Å². The van der Waals surface area contributed by atoms with E-state index in [4.69, 9.17) is 11.0 Å². The summed E-state index contributed by atoms with van der Waals surface area (Å²) in [5.41, 5.74) is 3.99. The molecule has 1 aromatic carbocycles. The molecule has 0 saturated carbocycles. The molecule has 2 aromatic heterocycles. The largest absolute Gasteiger partial charge is 0.307 e. The van der Waals surface area contributed by atoms with Crippen LogP contribution in [0.3, 0.4) is 0 Å². The molecule has 0 atom stereocenters. The molecule has 2 heterocycles. The average Bonchev–Trinajstić information content (AvgIpc) is 2.90. The number of thiophene rings is 1. The van der Waals surface area contributed by atoms with Crippen molar-refractivity contribution in [2.75, 3.05) is 5.43 Å². The standard InChI is InChI=1S/C12H11N5O2S2/c13-17-12-11-9(15-6-16-12)5-10(20-11)7-2-1-3-8(4-7)21(14,18)19/h1-6H,13H2,(H2,14,18,19)(H,15,16,17). The fourth-order valence-electron chi connectivity index (χ4n) is 1.93. The maximum atomic E-state index is 11.4. The monoisotopic (exact) mass is 321 g/mol. The minimum absolute atomic E-state index is 0.0701. The van der Waals surface area contributed by atoms with Crippen LogP contribution in [0.5, 0.6) is 0 Å². The van der Waals surface area contributed by atoms with Crippen molar-refractivity contribution in [1.82, 2.24) is 9.97 Å². The first-order valence-electron chi connectivity index (χ1n) is 5.83. The zero-order valence-electron chi connectivity index (χ0n) is 10.6. The number of primary sulfonamides is 1. The molecule has 0 aliphatic heterocycles. The molecule has 0 spiro atoms. The molecule has 0 fully saturated rings. The molecule has 0 amide bonds. The molecule has 0 aliphatic rings.